The zero-order valence-electron chi connectivity index (χ0n) is 12.3. The lowest BCUT2D eigenvalue weighted by molar-refractivity contribution is -0.139. The molecular formula is C14H9F3N4O3S. The van der Waals surface area contributed by atoms with Gasteiger partial charge in [0.05, 0.1) is 11.3 Å². The third-order valence-electron chi connectivity index (χ3n) is 3.12. The van der Waals surface area contributed by atoms with E-state index in [1.807, 2.05) is 0 Å². The molecule has 0 fully saturated rings. The van der Waals surface area contributed by atoms with Crippen LogP contribution < -0.4 is 4.18 Å². The van der Waals surface area contributed by atoms with Crippen LogP contribution >= 0.6 is 0 Å². The van der Waals surface area contributed by atoms with Gasteiger partial charge < -0.3 is 4.18 Å². The Kier molecular flexibility index (Phi) is 4.17. The summed E-state index contributed by atoms with van der Waals surface area (Å²) in [5.41, 5.74) is -0.772. The zero-order valence-corrected chi connectivity index (χ0v) is 13.1. The van der Waals surface area contributed by atoms with Gasteiger partial charge in [0.1, 0.15) is 17.0 Å². The van der Waals surface area contributed by atoms with Crippen molar-refractivity contribution in [3.8, 4) is 11.4 Å². The number of aromatic nitrogens is 4. The number of nitrogens with zero attached hydrogens (tertiary/aromatic N) is 4. The smallest absolute Gasteiger partial charge is 0.379 e. The van der Waals surface area contributed by atoms with Crippen LogP contribution in [0.2, 0.25) is 0 Å². The highest BCUT2D eigenvalue weighted by molar-refractivity contribution is 7.87. The molecule has 0 N–H and O–H groups in total. The SMILES string of the molecule is O=S(=O)(Oc1ccc(-n2cnnn2)cc1)c1ccccc1C(F)(F)F. The summed E-state index contributed by atoms with van der Waals surface area (Å²) in [6, 6.07) is 9.28. The third kappa shape index (κ3) is 3.60. The van der Waals surface area contributed by atoms with Gasteiger partial charge in [-0.05, 0) is 46.8 Å². The summed E-state index contributed by atoms with van der Waals surface area (Å²) in [6.45, 7) is 0. The van der Waals surface area contributed by atoms with Gasteiger partial charge in [0, 0.05) is 0 Å². The summed E-state index contributed by atoms with van der Waals surface area (Å²) >= 11 is 0. The first kappa shape index (κ1) is 16.9. The van der Waals surface area contributed by atoms with E-state index in [9.17, 15) is 21.6 Å². The van der Waals surface area contributed by atoms with E-state index >= 15 is 0 Å². The van der Waals surface area contributed by atoms with Crippen LogP contribution in [0.15, 0.2) is 59.8 Å². The maximum Gasteiger partial charge on any atom is 0.417 e. The highest BCUT2D eigenvalue weighted by Gasteiger charge is 2.37. The highest BCUT2D eigenvalue weighted by atomic mass is 32.2. The topological polar surface area (TPSA) is 87.0 Å². The van der Waals surface area contributed by atoms with E-state index in [4.69, 9.17) is 4.18 Å². The van der Waals surface area contributed by atoms with Gasteiger partial charge in [-0.15, -0.1) is 5.10 Å². The van der Waals surface area contributed by atoms with Crippen molar-refractivity contribution >= 4 is 10.1 Å². The monoisotopic (exact) mass is 370 g/mol. The first-order valence-electron chi connectivity index (χ1n) is 6.71. The Morgan fingerprint density at radius 1 is 1.00 bits per heavy atom. The summed E-state index contributed by atoms with van der Waals surface area (Å²) in [6.07, 6.45) is -3.50. The minimum atomic E-state index is -4.82. The van der Waals surface area contributed by atoms with E-state index in [-0.39, 0.29) is 5.75 Å². The molecule has 0 spiro atoms. The summed E-state index contributed by atoms with van der Waals surface area (Å²) in [7, 11) is -4.66. The molecule has 1 heterocycles. The first-order chi connectivity index (χ1) is 11.8. The van der Waals surface area contributed by atoms with E-state index in [2.05, 4.69) is 15.5 Å². The molecule has 0 aliphatic rings. The molecule has 130 valence electrons. The number of benzene rings is 2. The van der Waals surface area contributed by atoms with E-state index in [0.717, 1.165) is 12.1 Å². The van der Waals surface area contributed by atoms with Crippen LogP contribution in [0, 0.1) is 0 Å². The standard InChI is InChI=1S/C14H9F3N4O3S/c15-14(16,17)12-3-1-2-4-13(12)25(22,23)24-11-7-5-10(6-8-11)21-9-18-19-20-21/h1-9H. The largest absolute Gasteiger partial charge is 0.417 e. The van der Waals surface area contributed by atoms with Crippen LogP contribution in [0.1, 0.15) is 5.56 Å². The van der Waals surface area contributed by atoms with Gasteiger partial charge in [-0.25, -0.2) is 4.68 Å². The molecule has 1 aromatic heterocycles. The Labute approximate surface area is 139 Å². The molecule has 2 aromatic carbocycles. The van der Waals surface area contributed by atoms with Crippen LogP contribution in [-0.2, 0) is 16.3 Å². The second-order valence-corrected chi connectivity index (χ2v) is 6.29. The lowest BCUT2D eigenvalue weighted by Gasteiger charge is -2.13. The van der Waals surface area contributed by atoms with Gasteiger partial charge in [-0.1, -0.05) is 12.1 Å². The maximum atomic E-state index is 13.0. The average molecular weight is 370 g/mol. The number of halogens is 3. The van der Waals surface area contributed by atoms with Gasteiger partial charge in [-0.3, -0.25) is 0 Å². The van der Waals surface area contributed by atoms with Crippen molar-refractivity contribution in [1.29, 1.82) is 0 Å². The third-order valence-corrected chi connectivity index (χ3v) is 4.42. The zero-order chi connectivity index (χ0) is 18.1. The Morgan fingerprint density at radius 3 is 2.28 bits per heavy atom. The van der Waals surface area contributed by atoms with Gasteiger partial charge in [0.25, 0.3) is 0 Å². The van der Waals surface area contributed by atoms with E-state index in [1.165, 1.54) is 41.3 Å². The van der Waals surface area contributed by atoms with Gasteiger partial charge >= 0.3 is 16.3 Å². The van der Waals surface area contributed by atoms with Crippen LogP contribution in [-0.4, -0.2) is 28.6 Å². The lowest BCUT2D eigenvalue weighted by Crippen LogP contribution is -2.17. The van der Waals surface area contributed by atoms with Crippen molar-refractivity contribution in [1.82, 2.24) is 20.2 Å². The fourth-order valence-electron chi connectivity index (χ4n) is 2.02. The molecule has 3 aromatic rings. The summed E-state index contributed by atoms with van der Waals surface area (Å²) in [5.74, 6) is -0.145. The predicted molar refractivity (Wildman–Crippen MR) is 78.4 cm³/mol. The molecule has 0 unspecified atom stereocenters. The van der Waals surface area contributed by atoms with Crippen molar-refractivity contribution < 1.29 is 25.8 Å². The molecule has 0 saturated heterocycles. The molecule has 0 amide bonds. The highest BCUT2D eigenvalue weighted by Crippen LogP contribution is 2.35. The van der Waals surface area contributed by atoms with E-state index in [0.29, 0.717) is 11.8 Å². The fourth-order valence-corrected chi connectivity index (χ4v) is 3.18. The molecule has 0 radical (unpaired) electrons. The number of hydrogen-bond donors (Lipinski definition) is 0. The molecular weight excluding hydrogens is 361 g/mol. The van der Waals surface area contributed by atoms with Gasteiger partial charge in [0.2, 0.25) is 0 Å². The van der Waals surface area contributed by atoms with Crippen LogP contribution in [0.5, 0.6) is 5.75 Å². The number of tetrazole rings is 1. The average Bonchev–Trinajstić information content (AvgIpc) is 3.09. The molecule has 0 aliphatic carbocycles. The van der Waals surface area contributed by atoms with Gasteiger partial charge in [-0.2, -0.15) is 21.6 Å². The van der Waals surface area contributed by atoms with Crippen LogP contribution in [0.25, 0.3) is 5.69 Å². The predicted octanol–water partition coefficient (Wildman–Crippen LogP) is 2.45. The Bertz CT molecular complexity index is 971. The van der Waals surface area contributed by atoms with Crippen molar-refractivity contribution in [3.05, 3.63) is 60.4 Å². The van der Waals surface area contributed by atoms with Crippen LogP contribution in [0.3, 0.4) is 0 Å². The Balaban J connectivity index is 1.90. The van der Waals surface area contributed by atoms with E-state index < -0.39 is 26.8 Å². The molecule has 3 rings (SSSR count). The summed E-state index contributed by atoms with van der Waals surface area (Å²) in [5, 5.41) is 10.6. The first-order valence-corrected chi connectivity index (χ1v) is 8.12. The van der Waals surface area contributed by atoms with Crippen molar-refractivity contribution in [2.75, 3.05) is 0 Å². The Morgan fingerprint density at radius 2 is 1.68 bits per heavy atom. The molecule has 0 saturated carbocycles. The van der Waals surface area contributed by atoms with Crippen molar-refractivity contribution in [3.63, 3.8) is 0 Å². The number of alkyl halides is 3. The maximum absolute atomic E-state index is 13.0. The molecule has 0 bridgehead atoms. The number of hydrogen-bond acceptors (Lipinski definition) is 6. The normalized spacial score (nSPS) is 12.1. The molecule has 0 aliphatic heterocycles. The molecule has 11 heteroatoms. The minimum Gasteiger partial charge on any atom is -0.379 e. The minimum absolute atomic E-state index is 0.145. The van der Waals surface area contributed by atoms with E-state index in [1.54, 1.807) is 0 Å². The summed E-state index contributed by atoms with van der Waals surface area (Å²) in [4.78, 5) is -0.952. The molecule has 0 atom stereocenters. The van der Waals surface area contributed by atoms with Crippen molar-refractivity contribution in [2.45, 2.75) is 11.1 Å². The number of rotatable bonds is 4. The van der Waals surface area contributed by atoms with Gasteiger partial charge in [0.15, 0.2) is 0 Å². The molecule has 7 nitrogen and oxygen atoms in total. The second-order valence-electron chi connectivity index (χ2n) is 4.78. The van der Waals surface area contributed by atoms with Crippen molar-refractivity contribution in [2.24, 2.45) is 0 Å². The summed E-state index contributed by atoms with van der Waals surface area (Å²) < 4.78 is 69.5. The fraction of sp³-hybridized carbons (Fsp3) is 0.0714. The second kappa shape index (κ2) is 6.16. The molecule has 25 heavy (non-hydrogen) atoms. The quantitative estimate of drug-likeness (QED) is 0.656. The Hall–Kier alpha value is -2.95. The van der Waals surface area contributed by atoms with Crippen LogP contribution in [0.4, 0.5) is 13.2 Å². The lowest BCUT2D eigenvalue weighted by atomic mass is 10.2.